The van der Waals surface area contributed by atoms with Crippen molar-refractivity contribution in [3.05, 3.63) is 203 Å². The van der Waals surface area contributed by atoms with E-state index in [1.54, 1.807) is 0 Å². The van der Waals surface area contributed by atoms with Gasteiger partial charge >= 0.3 is 16.6 Å². The summed E-state index contributed by atoms with van der Waals surface area (Å²) < 4.78 is 14.8. The summed E-state index contributed by atoms with van der Waals surface area (Å²) in [6.07, 6.45) is 0. The highest BCUT2D eigenvalue weighted by Gasteiger charge is 2.47. The van der Waals surface area contributed by atoms with Gasteiger partial charge in [-0.15, -0.1) is 0 Å². The van der Waals surface area contributed by atoms with Crippen molar-refractivity contribution in [1.29, 1.82) is 0 Å². The van der Waals surface area contributed by atoms with Gasteiger partial charge in [0.25, 0.3) is 0 Å². The van der Waals surface area contributed by atoms with Gasteiger partial charge in [0.2, 0.25) is 0 Å². The molecule has 50 heavy (non-hydrogen) atoms. The molecule has 4 nitrogen and oxygen atoms in total. The summed E-state index contributed by atoms with van der Waals surface area (Å²) in [5.41, 5.74) is 2.70. The third kappa shape index (κ3) is 5.12. The van der Waals surface area contributed by atoms with Gasteiger partial charge in [-0.05, 0) is 33.8 Å². The summed E-state index contributed by atoms with van der Waals surface area (Å²) in [6.45, 7) is 4.31. The quantitative estimate of drug-likeness (QED) is 0.162. The first-order valence-corrected chi connectivity index (χ1v) is 21.6. The zero-order chi connectivity index (χ0) is 34.3. The van der Waals surface area contributed by atoms with Crippen LogP contribution in [0.15, 0.2) is 181 Å². The van der Waals surface area contributed by atoms with Crippen LogP contribution >= 0.6 is 0 Å². The molecule has 8 rings (SSSR count). The topological polar surface area (TPSA) is 52.6 Å². The lowest BCUT2D eigenvalue weighted by Gasteiger charge is -2.38. The average Bonchev–Trinajstić information content (AvgIpc) is 3.19. The Morgan fingerprint density at radius 1 is 0.340 bits per heavy atom. The van der Waals surface area contributed by atoms with Crippen LogP contribution in [0, 0.1) is 0 Å². The van der Waals surface area contributed by atoms with E-state index in [0.717, 1.165) is 20.7 Å². The summed E-state index contributed by atoms with van der Waals surface area (Å²) in [6, 6.07) is 55.7. The Hall–Kier alpha value is -5.83. The number of hydrogen-bond acceptors (Lipinski definition) is 4. The highest BCUT2D eigenvalue weighted by Crippen LogP contribution is 2.46. The standard InChI is InChI=1S/C44H34O4Si2/c1-49(31-19-7-3-8-20-31,32-21-9-4-10-22-32)47-43-37-29-17-15-27-35(37)42(46)40-39(43)41(45)36-28-16-18-30-38(36)44(40)48-50(2,33-23-11-5-12-24-33)34-25-13-6-14-26-34/h3-30H,1-2H3. The maximum absolute atomic E-state index is 14.9. The van der Waals surface area contributed by atoms with E-state index in [2.05, 4.69) is 61.6 Å². The Labute approximate surface area is 294 Å². The number of Topliss-reactive ketones (excluding diaryl/α,β-unsaturated/α-hetero) is 2. The first-order chi connectivity index (χ1) is 24.4. The molecule has 0 saturated carbocycles. The number of carbonyl (C=O) groups is 2. The van der Waals surface area contributed by atoms with Gasteiger partial charge in [-0.3, -0.25) is 9.59 Å². The SMILES string of the molecule is C[Si](OC1=C2C(=O)c3ccccc3C(O[Si](C)(c3ccccc3)c3ccccc3)=C2C(=O)c2ccccc21)(c1ccccc1)c1ccccc1. The van der Waals surface area contributed by atoms with Crippen molar-refractivity contribution >= 4 is 60.5 Å². The second-order valence-corrected chi connectivity index (χ2v) is 19.7. The van der Waals surface area contributed by atoms with Gasteiger partial charge in [-0.1, -0.05) is 170 Å². The molecule has 6 heteroatoms. The third-order valence-electron chi connectivity index (χ3n) is 9.90. The van der Waals surface area contributed by atoms with Crippen molar-refractivity contribution in [2.24, 2.45) is 0 Å². The molecular formula is C44H34O4Si2. The molecule has 0 heterocycles. The van der Waals surface area contributed by atoms with E-state index >= 15 is 0 Å². The normalized spacial score (nSPS) is 14.1. The smallest absolute Gasteiger partial charge is 0.311 e. The molecule has 0 radical (unpaired) electrons. The number of ketones is 2. The number of fused-ring (bicyclic) bond motifs is 3. The zero-order valence-corrected chi connectivity index (χ0v) is 29.8. The first kappa shape index (κ1) is 31.4. The molecule has 0 unspecified atom stereocenters. The Bertz CT molecular complexity index is 2070. The monoisotopic (exact) mass is 682 g/mol. The molecule has 0 saturated heterocycles. The fraction of sp³-hybridized carbons (Fsp3) is 0.0455. The van der Waals surface area contributed by atoms with Gasteiger partial charge in [-0.25, -0.2) is 0 Å². The van der Waals surface area contributed by atoms with Crippen molar-refractivity contribution < 1.29 is 18.4 Å². The number of benzene rings is 6. The van der Waals surface area contributed by atoms with Crippen molar-refractivity contribution in [2.75, 3.05) is 0 Å². The number of hydrogen-bond donors (Lipinski definition) is 0. The van der Waals surface area contributed by atoms with Crippen LogP contribution in [0.5, 0.6) is 0 Å². The van der Waals surface area contributed by atoms with E-state index in [4.69, 9.17) is 8.85 Å². The van der Waals surface area contributed by atoms with E-state index in [1.165, 1.54) is 0 Å². The van der Waals surface area contributed by atoms with E-state index in [1.807, 2.05) is 121 Å². The lowest BCUT2D eigenvalue weighted by molar-refractivity contribution is 0.0988. The van der Waals surface area contributed by atoms with Gasteiger partial charge in [-0.2, -0.15) is 0 Å². The van der Waals surface area contributed by atoms with E-state index in [0.29, 0.717) is 33.8 Å². The lowest BCUT2D eigenvalue weighted by atomic mass is 9.76. The molecule has 0 spiro atoms. The van der Waals surface area contributed by atoms with E-state index in [-0.39, 0.29) is 22.7 Å². The fourth-order valence-corrected chi connectivity index (χ4v) is 12.9. The molecule has 0 N–H and O–H groups in total. The first-order valence-electron chi connectivity index (χ1n) is 16.8. The van der Waals surface area contributed by atoms with Gasteiger partial charge in [0.15, 0.2) is 11.6 Å². The van der Waals surface area contributed by atoms with Crippen LogP contribution in [0.3, 0.4) is 0 Å². The molecule has 0 bridgehead atoms. The Morgan fingerprint density at radius 3 is 0.860 bits per heavy atom. The minimum absolute atomic E-state index is 0.249. The predicted octanol–water partition coefficient (Wildman–Crippen LogP) is 7.01. The molecular weight excluding hydrogens is 649 g/mol. The molecule has 6 aromatic rings. The highest BCUT2D eigenvalue weighted by atomic mass is 28.4. The summed E-state index contributed by atoms with van der Waals surface area (Å²) in [5.74, 6) is 0.336. The average molecular weight is 683 g/mol. The Morgan fingerprint density at radius 2 is 0.580 bits per heavy atom. The van der Waals surface area contributed by atoms with Crippen LogP contribution in [0.4, 0.5) is 0 Å². The second kappa shape index (κ2) is 12.6. The van der Waals surface area contributed by atoms with Crippen LogP contribution in [-0.4, -0.2) is 28.2 Å². The zero-order valence-electron chi connectivity index (χ0n) is 27.8. The van der Waals surface area contributed by atoms with Crippen LogP contribution in [0.1, 0.15) is 31.8 Å². The molecule has 0 aliphatic heterocycles. The predicted molar refractivity (Wildman–Crippen MR) is 205 cm³/mol. The number of rotatable bonds is 8. The van der Waals surface area contributed by atoms with Crippen LogP contribution in [0.2, 0.25) is 13.1 Å². The Balaban J connectivity index is 1.43. The van der Waals surface area contributed by atoms with Crippen LogP contribution in [-0.2, 0) is 8.85 Å². The van der Waals surface area contributed by atoms with Crippen molar-refractivity contribution in [3.63, 3.8) is 0 Å². The number of carbonyl (C=O) groups excluding carboxylic acids is 2. The van der Waals surface area contributed by atoms with Gasteiger partial charge < -0.3 is 8.85 Å². The minimum atomic E-state index is -3.03. The van der Waals surface area contributed by atoms with Crippen molar-refractivity contribution in [2.45, 2.75) is 13.1 Å². The summed E-state index contributed by atoms with van der Waals surface area (Å²) >= 11 is 0. The fourth-order valence-electron chi connectivity index (χ4n) is 7.17. The highest BCUT2D eigenvalue weighted by molar-refractivity contribution is 6.97. The van der Waals surface area contributed by atoms with Crippen molar-refractivity contribution in [3.8, 4) is 0 Å². The third-order valence-corrected chi connectivity index (χ3v) is 16.9. The summed E-state index contributed by atoms with van der Waals surface area (Å²) in [7, 11) is -6.05. The molecule has 0 fully saturated rings. The molecule has 242 valence electrons. The lowest BCUT2D eigenvalue weighted by Crippen LogP contribution is -2.58. The molecule has 0 aromatic heterocycles. The molecule has 2 aliphatic carbocycles. The summed E-state index contributed by atoms with van der Waals surface area (Å²) in [5, 5.41) is 4.19. The van der Waals surface area contributed by atoms with E-state index < -0.39 is 16.6 Å². The van der Waals surface area contributed by atoms with Crippen LogP contribution in [0.25, 0.3) is 11.5 Å². The minimum Gasteiger partial charge on any atom is -0.534 e. The summed E-state index contributed by atoms with van der Waals surface area (Å²) in [4.78, 5) is 29.7. The van der Waals surface area contributed by atoms with Crippen LogP contribution < -0.4 is 20.7 Å². The van der Waals surface area contributed by atoms with Crippen molar-refractivity contribution in [1.82, 2.24) is 0 Å². The largest absolute Gasteiger partial charge is 0.534 e. The van der Waals surface area contributed by atoms with Gasteiger partial charge in [0.05, 0.1) is 11.1 Å². The molecule has 0 amide bonds. The Kier molecular flexibility index (Phi) is 7.90. The number of allylic oxidation sites excluding steroid dienone is 2. The van der Waals surface area contributed by atoms with Gasteiger partial charge in [0, 0.05) is 22.3 Å². The molecule has 6 aromatic carbocycles. The second-order valence-electron chi connectivity index (χ2n) is 12.9. The molecule has 0 atom stereocenters. The van der Waals surface area contributed by atoms with Gasteiger partial charge in [0.1, 0.15) is 11.5 Å². The maximum Gasteiger partial charge on any atom is 0.311 e. The maximum atomic E-state index is 14.9. The molecule has 2 aliphatic rings. The van der Waals surface area contributed by atoms with E-state index in [9.17, 15) is 9.59 Å².